The predicted octanol–water partition coefficient (Wildman–Crippen LogP) is 4.69. The van der Waals surface area contributed by atoms with Gasteiger partial charge in [0.05, 0.1) is 5.56 Å². The van der Waals surface area contributed by atoms with E-state index in [1.165, 1.54) is 0 Å². The van der Waals surface area contributed by atoms with Crippen molar-refractivity contribution in [3.63, 3.8) is 0 Å². The molecule has 0 saturated carbocycles. The number of halogens is 1. The molecule has 1 aromatic rings. The minimum absolute atomic E-state index is 0.0438. The number of phenols is 1. The molecule has 0 aromatic heterocycles. The Morgan fingerprint density at radius 1 is 1.14 bits per heavy atom. The minimum Gasteiger partial charge on any atom is -0.507 e. The van der Waals surface area contributed by atoms with Gasteiger partial charge in [-0.25, -0.2) is 0 Å². The average molecular weight is 356 g/mol. The predicted molar refractivity (Wildman–Crippen MR) is 90.6 cm³/mol. The van der Waals surface area contributed by atoms with Gasteiger partial charge in [0.15, 0.2) is 0 Å². The Balaban J connectivity index is 2.89. The second-order valence-corrected chi connectivity index (χ2v) is 7.23. The van der Waals surface area contributed by atoms with E-state index in [-0.39, 0.29) is 11.7 Å². The molecule has 0 aliphatic carbocycles. The maximum Gasteiger partial charge on any atom is 0.257 e. The second-order valence-electron chi connectivity index (χ2n) is 6.32. The number of carbonyl (C=O) groups excluding carboxylic acids is 1. The van der Waals surface area contributed by atoms with Gasteiger partial charge in [-0.05, 0) is 42.9 Å². The van der Waals surface area contributed by atoms with Crippen LogP contribution in [-0.4, -0.2) is 29.0 Å². The molecule has 1 N–H and O–H groups in total. The van der Waals surface area contributed by atoms with Crippen LogP contribution in [0.1, 0.15) is 50.9 Å². The van der Waals surface area contributed by atoms with E-state index in [9.17, 15) is 9.90 Å². The maximum absolute atomic E-state index is 12.7. The van der Waals surface area contributed by atoms with Gasteiger partial charge in [-0.15, -0.1) is 0 Å². The molecule has 0 atom stereocenters. The molecular formula is C17H26BrNO2. The molecule has 4 heteroatoms. The van der Waals surface area contributed by atoms with Crippen LogP contribution < -0.4 is 0 Å². The van der Waals surface area contributed by atoms with Crippen LogP contribution in [0.15, 0.2) is 22.7 Å². The number of hydrogen-bond donors (Lipinski definition) is 1. The quantitative estimate of drug-likeness (QED) is 0.770. The molecule has 0 spiro atoms. The molecule has 0 aliphatic rings. The van der Waals surface area contributed by atoms with Gasteiger partial charge in [0, 0.05) is 17.6 Å². The molecule has 0 aliphatic heterocycles. The minimum atomic E-state index is -0.0879. The highest BCUT2D eigenvalue weighted by Gasteiger charge is 2.19. The number of carbonyl (C=O) groups is 1. The Morgan fingerprint density at radius 2 is 1.67 bits per heavy atom. The van der Waals surface area contributed by atoms with E-state index < -0.39 is 0 Å². The van der Waals surface area contributed by atoms with Gasteiger partial charge in [-0.2, -0.15) is 0 Å². The summed E-state index contributed by atoms with van der Waals surface area (Å²) in [5.41, 5.74) is 0.372. The van der Waals surface area contributed by atoms with Crippen LogP contribution in [0.2, 0.25) is 0 Å². The van der Waals surface area contributed by atoms with Gasteiger partial charge < -0.3 is 10.0 Å². The summed E-state index contributed by atoms with van der Waals surface area (Å²) in [6, 6.07) is 4.98. The number of rotatable bonds is 7. The first-order chi connectivity index (χ1) is 9.81. The van der Waals surface area contributed by atoms with E-state index in [2.05, 4.69) is 43.6 Å². The van der Waals surface area contributed by atoms with E-state index in [0.29, 0.717) is 17.4 Å². The van der Waals surface area contributed by atoms with Crippen molar-refractivity contribution in [2.24, 2.45) is 11.8 Å². The smallest absolute Gasteiger partial charge is 0.257 e. The first kappa shape index (κ1) is 18.0. The lowest BCUT2D eigenvalue weighted by Gasteiger charge is -2.25. The normalized spacial score (nSPS) is 11.2. The zero-order chi connectivity index (χ0) is 16.0. The Hall–Kier alpha value is -1.03. The molecule has 0 bridgehead atoms. The van der Waals surface area contributed by atoms with Crippen molar-refractivity contribution >= 4 is 21.8 Å². The molecule has 0 unspecified atom stereocenters. The molecule has 1 aromatic carbocycles. The SMILES string of the molecule is CC(C)CCN(CCC(C)C)C(=O)c1cc(Br)ccc1O. The van der Waals surface area contributed by atoms with Crippen LogP contribution in [0.5, 0.6) is 5.75 Å². The Kier molecular flexibility index (Phi) is 7.23. The van der Waals surface area contributed by atoms with Crippen molar-refractivity contribution in [1.82, 2.24) is 4.90 Å². The summed E-state index contributed by atoms with van der Waals surface area (Å²) in [5, 5.41) is 9.94. The molecule has 1 amide bonds. The van der Waals surface area contributed by atoms with Crippen molar-refractivity contribution in [2.45, 2.75) is 40.5 Å². The van der Waals surface area contributed by atoms with Crippen molar-refractivity contribution < 1.29 is 9.90 Å². The summed E-state index contributed by atoms with van der Waals surface area (Å²) < 4.78 is 0.802. The fourth-order valence-electron chi connectivity index (χ4n) is 1.99. The van der Waals surface area contributed by atoms with E-state index >= 15 is 0 Å². The molecule has 0 heterocycles. The lowest BCUT2D eigenvalue weighted by atomic mass is 10.1. The third kappa shape index (κ3) is 6.08. The van der Waals surface area contributed by atoms with Crippen molar-refractivity contribution in [2.75, 3.05) is 13.1 Å². The molecule has 21 heavy (non-hydrogen) atoms. The highest BCUT2D eigenvalue weighted by atomic mass is 79.9. The van der Waals surface area contributed by atoms with Crippen LogP contribution in [0.25, 0.3) is 0 Å². The Bertz CT molecular complexity index is 460. The van der Waals surface area contributed by atoms with Gasteiger partial charge in [0.2, 0.25) is 0 Å². The molecule has 3 nitrogen and oxygen atoms in total. The molecule has 118 valence electrons. The first-order valence-corrected chi connectivity index (χ1v) is 8.38. The number of amides is 1. The zero-order valence-corrected chi connectivity index (χ0v) is 15.0. The number of nitrogens with zero attached hydrogens (tertiary/aromatic N) is 1. The van der Waals surface area contributed by atoms with Gasteiger partial charge >= 0.3 is 0 Å². The van der Waals surface area contributed by atoms with Crippen molar-refractivity contribution in [1.29, 1.82) is 0 Å². The van der Waals surface area contributed by atoms with Crippen LogP contribution in [0.4, 0.5) is 0 Å². The van der Waals surface area contributed by atoms with Gasteiger partial charge in [-0.1, -0.05) is 43.6 Å². The van der Waals surface area contributed by atoms with E-state index in [0.717, 1.165) is 30.4 Å². The van der Waals surface area contributed by atoms with Gasteiger partial charge in [0.25, 0.3) is 5.91 Å². The lowest BCUT2D eigenvalue weighted by molar-refractivity contribution is 0.0737. The number of aromatic hydroxyl groups is 1. The van der Waals surface area contributed by atoms with Crippen molar-refractivity contribution in [3.8, 4) is 5.75 Å². The molecule has 0 fully saturated rings. The Morgan fingerprint density at radius 3 is 2.14 bits per heavy atom. The van der Waals surface area contributed by atoms with Crippen molar-refractivity contribution in [3.05, 3.63) is 28.2 Å². The van der Waals surface area contributed by atoms with Crippen LogP contribution in [0, 0.1) is 11.8 Å². The van der Waals surface area contributed by atoms with Crippen LogP contribution >= 0.6 is 15.9 Å². The summed E-state index contributed by atoms with van der Waals surface area (Å²) in [6.45, 7) is 10.1. The zero-order valence-electron chi connectivity index (χ0n) is 13.4. The number of phenolic OH excluding ortho intramolecular Hbond substituents is 1. The lowest BCUT2D eigenvalue weighted by Crippen LogP contribution is -2.34. The maximum atomic E-state index is 12.7. The average Bonchev–Trinajstić information content (AvgIpc) is 2.40. The number of benzene rings is 1. The van der Waals surface area contributed by atoms with Crippen LogP contribution in [-0.2, 0) is 0 Å². The third-order valence-corrected chi connectivity index (χ3v) is 3.92. The molecular weight excluding hydrogens is 330 g/mol. The largest absolute Gasteiger partial charge is 0.507 e. The molecule has 0 saturated heterocycles. The first-order valence-electron chi connectivity index (χ1n) is 7.59. The fraction of sp³-hybridized carbons (Fsp3) is 0.588. The topological polar surface area (TPSA) is 40.5 Å². The summed E-state index contributed by atoms with van der Waals surface area (Å²) >= 11 is 3.36. The summed E-state index contributed by atoms with van der Waals surface area (Å²) in [7, 11) is 0. The fourth-order valence-corrected chi connectivity index (χ4v) is 2.35. The monoisotopic (exact) mass is 355 g/mol. The summed E-state index contributed by atoms with van der Waals surface area (Å²) in [5.74, 6) is 1.06. The van der Waals surface area contributed by atoms with Gasteiger partial charge in [0.1, 0.15) is 5.75 Å². The highest BCUT2D eigenvalue weighted by Crippen LogP contribution is 2.24. The third-order valence-electron chi connectivity index (χ3n) is 3.43. The second kappa shape index (κ2) is 8.42. The van der Waals surface area contributed by atoms with Crippen LogP contribution in [0.3, 0.4) is 0 Å². The molecule has 0 radical (unpaired) electrons. The summed E-state index contributed by atoms with van der Waals surface area (Å²) in [4.78, 5) is 14.6. The van der Waals surface area contributed by atoms with E-state index in [1.807, 2.05) is 4.90 Å². The Labute approximate surface area is 136 Å². The summed E-state index contributed by atoms with van der Waals surface area (Å²) in [6.07, 6.45) is 1.94. The molecule has 1 rings (SSSR count). The number of hydrogen-bond acceptors (Lipinski definition) is 2. The highest BCUT2D eigenvalue weighted by molar-refractivity contribution is 9.10. The van der Waals surface area contributed by atoms with Gasteiger partial charge in [-0.3, -0.25) is 4.79 Å². The standard InChI is InChI=1S/C17H26BrNO2/c1-12(2)7-9-19(10-8-13(3)4)17(21)15-11-14(18)5-6-16(15)20/h5-6,11-13,20H,7-10H2,1-4H3. The van der Waals surface area contributed by atoms with E-state index in [4.69, 9.17) is 0 Å². The van der Waals surface area contributed by atoms with E-state index in [1.54, 1.807) is 18.2 Å².